The van der Waals surface area contributed by atoms with Crippen molar-refractivity contribution in [2.75, 3.05) is 4.90 Å². The number of ether oxygens (including phenoxy) is 2. The van der Waals surface area contributed by atoms with Crippen LogP contribution in [0.2, 0.25) is 0 Å². The standard InChI is InChI=1S/C17H23N3O4/c1-16(2,3)23-14(21)20(15(22)24-17(4,5)6)13-11-7-9-18-12(11)8-10-19-13/h7-10,18H,1-6H3. The van der Waals surface area contributed by atoms with E-state index in [-0.39, 0.29) is 5.82 Å². The Labute approximate surface area is 141 Å². The number of hydrogen-bond acceptors (Lipinski definition) is 5. The van der Waals surface area contributed by atoms with Crippen LogP contribution in [-0.2, 0) is 9.47 Å². The number of imide groups is 1. The molecule has 0 bridgehead atoms. The molecule has 0 aliphatic heterocycles. The summed E-state index contributed by atoms with van der Waals surface area (Å²) in [5.74, 6) is 0.164. The fourth-order valence-electron chi connectivity index (χ4n) is 2.01. The molecule has 0 aliphatic carbocycles. The monoisotopic (exact) mass is 333 g/mol. The summed E-state index contributed by atoms with van der Waals surface area (Å²) in [6, 6.07) is 3.49. The van der Waals surface area contributed by atoms with E-state index in [1.54, 1.807) is 59.9 Å². The maximum absolute atomic E-state index is 12.6. The zero-order chi connectivity index (χ0) is 18.1. The highest BCUT2D eigenvalue weighted by molar-refractivity contribution is 6.13. The molecule has 2 heterocycles. The zero-order valence-electron chi connectivity index (χ0n) is 14.8. The number of carbonyl (C=O) groups excluding carboxylic acids is 2. The van der Waals surface area contributed by atoms with E-state index in [0.717, 1.165) is 10.4 Å². The number of nitrogens with zero attached hydrogens (tertiary/aromatic N) is 2. The molecule has 0 atom stereocenters. The average molecular weight is 333 g/mol. The molecule has 1 N–H and O–H groups in total. The van der Waals surface area contributed by atoms with Gasteiger partial charge in [-0.3, -0.25) is 0 Å². The van der Waals surface area contributed by atoms with Gasteiger partial charge in [-0.2, -0.15) is 4.90 Å². The third-order valence-electron chi connectivity index (χ3n) is 2.82. The van der Waals surface area contributed by atoms with Crippen molar-refractivity contribution in [3.05, 3.63) is 24.5 Å². The van der Waals surface area contributed by atoms with Gasteiger partial charge in [0, 0.05) is 17.8 Å². The van der Waals surface area contributed by atoms with Crippen LogP contribution in [0.5, 0.6) is 0 Å². The van der Waals surface area contributed by atoms with Crippen molar-refractivity contribution in [1.82, 2.24) is 9.97 Å². The number of aromatic nitrogens is 2. The number of hydrogen-bond donors (Lipinski definition) is 1. The van der Waals surface area contributed by atoms with Crippen LogP contribution in [0.4, 0.5) is 15.4 Å². The number of fused-ring (bicyclic) bond motifs is 1. The number of nitrogens with one attached hydrogen (secondary N) is 1. The van der Waals surface area contributed by atoms with Crippen LogP contribution in [0.1, 0.15) is 41.5 Å². The van der Waals surface area contributed by atoms with Crippen molar-refractivity contribution < 1.29 is 19.1 Å². The Kier molecular flexibility index (Phi) is 4.55. The summed E-state index contributed by atoms with van der Waals surface area (Å²) in [6.07, 6.45) is 1.55. The molecule has 0 radical (unpaired) electrons. The summed E-state index contributed by atoms with van der Waals surface area (Å²) in [5, 5.41) is 0.620. The molecule has 2 aromatic heterocycles. The zero-order valence-corrected chi connectivity index (χ0v) is 14.8. The van der Waals surface area contributed by atoms with Gasteiger partial charge in [0.15, 0.2) is 5.82 Å². The highest BCUT2D eigenvalue weighted by Gasteiger charge is 2.34. The van der Waals surface area contributed by atoms with E-state index in [0.29, 0.717) is 5.39 Å². The third kappa shape index (κ3) is 4.24. The molecule has 0 fully saturated rings. The van der Waals surface area contributed by atoms with Gasteiger partial charge in [-0.05, 0) is 53.7 Å². The number of aromatic amines is 1. The Hall–Kier alpha value is -2.57. The van der Waals surface area contributed by atoms with E-state index >= 15 is 0 Å². The first-order valence-corrected chi connectivity index (χ1v) is 7.66. The lowest BCUT2D eigenvalue weighted by Gasteiger charge is -2.28. The molecule has 0 aromatic carbocycles. The molecule has 0 aliphatic rings. The van der Waals surface area contributed by atoms with E-state index in [2.05, 4.69) is 9.97 Å². The van der Waals surface area contributed by atoms with Crippen LogP contribution < -0.4 is 4.90 Å². The fourth-order valence-corrected chi connectivity index (χ4v) is 2.01. The number of pyridine rings is 1. The molecule has 130 valence electrons. The Morgan fingerprint density at radius 2 is 1.54 bits per heavy atom. The van der Waals surface area contributed by atoms with E-state index in [4.69, 9.17) is 9.47 Å². The average Bonchev–Trinajstić information content (AvgIpc) is 2.83. The summed E-state index contributed by atoms with van der Waals surface area (Å²) in [5.41, 5.74) is -0.774. The third-order valence-corrected chi connectivity index (χ3v) is 2.82. The maximum atomic E-state index is 12.6. The second kappa shape index (κ2) is 6.14. The molecule has 2 aromatic rings. The van der Waals surface area contributed by atoms with Gasteiger partial charge < -0.3 is 14.5 Å². The topological polar surface area (TPSA) is 84.5 Å². The first-order chi connectivity index (χ1) is 11.0. The van der Waals surface area contributed by atoms with Crippen molar-refractivity contribution in [1.29, 1.82) is 0 Å². The molecule has 2 rings (SSSR count). The minimum Gasteiger partial charge on any atom is -0.443 e. The molecule has 2 amide bonds. The highest BCUT2D eigenvalue weighted by atomic mass is 16.6. The van der Waals surface area contributed by atoms with Gasteiger partial charge in [0.25, 0.3) is 0 Å². The van der Waals surface area contributed by atoms with Gasteiger partial charge >= 0.3 is 12.2 Å². The quantitative estimate of drug-likeness (QED) is 0.843. The van der Waals surface area contributed by atoms with Crippen LogP contribution in [-0.4, -0.2) is 33.4 Å². The molecule has 0 unspecified atom stereocenters. The van der Waals surface area contributed by atoms with Gasteiger partial charge in [0.2, 0.25) is 0 Å². The molecule has 0 saturated carbocycles. The largest absolute Gasteiger partial charge is 0.443 e. The van der Waals surface area contributed by atoms with E-state index in [1.165, 1.54) is 6.20 Å². The molecule has 24 heavy (non-hydrogen) atoms. The number of amides is 2. The lowest BCUT2D eigenvalue weighted by atomic mass is 10.2. The smallest absolute Gasteiger partial charge is 0.425 e. The second-order valence-corrected chi connectivity index (χ2v) is 7.37. The van der Waals surface area contributed by atoms with Crippen LogP contribution >= 0.6 is 0 Å². The Morgan fingerprint density at radius 3 is 2.04 bits per heavy atom. The molecular weight excluding hydrogens is 310 g/mol. The van der Waals surface area contributed by atoms with Crippen LogP contribution in [0.15, 0.2) is 24.5 Å². The van der Waals surface area contributed by atoms with Crippen molar-refractivity contribution >= 4 is 28.9 Å². The fraction of sp³-hybridized carbons (Fsp3) is 0.471. The Balaban J connectivity index is 2.48. The predicted octanol–water partition coefficient (Wildman–Crippen LogP) is 4.24. The van der Waals surface area contributed by atoms with Gasteiger partial charge in [0.05, 0.1) is 5.52 Å². The van der Waals surface area contributed by atoms with E-state index in [1.807, 2.05) is 0 Å². The first kappa shape index (κ1) is 17.8. The number of anilines is 1. The summed E-state index contributed by atoms with van der Waals surface area (Å²) in [6.45, 7) is 10.3. The minimum absolute atomic E-state index is 0.164. The molecule has 7 heteroatoms. The van der Waals surface area contributed by atoms with E-state index in [9.17, 15) is 9.59 Å². The summed E-state index contributed by atoms with van der Waals surface area (Å²) >= 11 is 0. The molecular formula is C17H23N3O4. The Bertz CT molecular complexity index is 725. The van der Waals surface area contributed by atoms with Gasteiger partial charge in [0.1, 0.15) is 11.2 Å². The van der Waals surface area contributed by atoms with Gasteiger partial charge in [-0.15, -0.1) is 0 Å². The Morgan fingerprint density at radius 1 is 1.00 bits per heavy atom. The lowest BCUT2D eigenvalue weighted by Crippen LogP contribution is -2.44. The number of H-pyrrole nitrogens is 1. The van der Waals surface area contributed by atoms with Crippen molar-refractivity contribution in [2.24, 2.45) is 0 Å². The SMILES string of the molecule is CC(C)(C)OC(=O)N(C(=O)OC(C)(C)C)c1nccc2[nH]ccc12. The van der Waals surface area contributed by atoms with Gasteiger partial charge in [-0.1, -0.05) is 0 Å². The number of carbonyl (C=O) groups is 2. The molecule has 7 nitrogen and oxygen atoms in total. The van der Waals surface area contributed by atoms with Crippen molar-refractivity contribution in [3.63, 3.8) is 0 Å². The summed E-state index contributed by atoms with van der Waals surface area (Å²) in [7, 11) is 0. The second-order valence-electron chi connectivity index (χ2n) is 7.37. The summed E-state index contributed by atoms with van der Waals surface area (Å²) < 4.78 is 10.7. The first-order valence-electron chi connectivity index (χ1n) is 7.66. The van der Waals surface area contributed by atoms with Crippen LogP contribution in [0.25, 0.3) is 10.9 Å². The van der Waals surface area contributed by atoms with Crippen molar-refractivity contribution in [2.45, 2.75) is 52.7 Å². The van der Waals surface area contributed by atoms with E-state index < -0.39 is 23.4 Å². The van der Waals surface area contributed by atoms with Crippen LogP contribution in [0, 0.1) is 0 Å². The molecule has 0 spiro atoms. The highest BCUT2D eigenvalue weighted by Crippen LogP contribution is 2.27. The maximum Gasteiger partial charge on any atom is 0.425 e. The van der Waals surface area contributed by atoms with Crippen molar-refractivity contribution in [3.8, 4) is 0 Å². The lowest BCUT2D eigenvalue weighted by molar-refractivity contribution is 0.0429. The minimum atomic E-state index is -0.835. The number of rotatable bonds is 1. The normalized spacial score (nSPS) is 12.1. The van der Waals surface area contributed by atoms with Gasteiger partial charge in [-0.25, -0.2) is 14.6 Å². The summed E-state index contributed by atoms with van der Waals surface area (Å²) in [4.78, 5) is 33.2. The van der Waals surface area contributed by atoms with Crippen LogP contribution in [0.3, 0.4) is 0 Å². The predicted molar refractivity (Wildman–Crippen MR) is 91.0 cm³/mol. The molecule has 0 saturated heterocycles.